The average molecular weight is 305 g/mol. The SMILES string of the molecule is O=[N+]([O-])c1ccccc1NC1CCN(CC2CCOC2)CC1. The molecule has 22 heavy (non-hydrogen) atoms. The van der Waals surface area contributed by atoms with Gasteiger partial charge in [-0.3, -0.25) is 10.1 Å². The number of benzene rings is 1. The van der Waals surface area contributed by atoms with Crippen LogP contribution in [0.25, 0.3) is 0 Å². The fraction of sp³-hybridized carbons (Fsp3) is 0.625. The van der Waals surface area contributed by atoms with Crippen molar-refractivity contribution in [2.24, 2.45) is 5.92 Å². The van der Waals surface area contributed by atoms with Crippen LogP contribution in [0.3, 0.4) is 0 Å². The minimum atomic E-state index is -0.322. The van der Waals surface area contributed by atoms with Gasteiger partial charge >= 0.3 is 0 Å². The third-order valence-corrected chi connectivity index (χ3v) is 4.59. The van der Waals surface area contributed by atoms with Crippen LogP contribution in [0, 0.1) is 16.0 Å². The van der Waals surface area contributed by atoms with Gasteiger partial charge in [0.1, 0.15) is 5.69 Å². The normalized spacial score (nSPS) is 23.5. The molecule has 1 atom stereocenters. The molecule has 2 fully saturated rings. The van der Waals surface area contributed by atoms with Crippen LogP contribution >= 0.6 is 0 Å². The van der Waals surface area contributed by atoms with Crippen molar-refractivity contribution in [3.63, 3.8) is 0 Å². The largest absolute Gasteiger partial charge is 0.381 e. The number of rotatable bonds is 5. The molecule has 1 aromatic carbocycles. The Labute approximate surface area is 130 Å². The molecule has 0 spiro atoms. The molecule has 1 aromatic rings. The number of likely N-dealkylation sites (tertiary alicyclic amines) is 1. The van der Waals surface area contributed by atoms with E-state index in [0.29, 0.717) is 17.6 Å². The van der Waals surface area contributed by atoms with E-state index in [1.807, 2.05) is 6.07 Å². The smallest absolute Gasteiger partial charge is 0.292 e. The van der Waals surface area contributed by atoms with Gasteiger partial charge in [0.25, 0.3) is 5.69 Å². The van der Waals surface area contributed by atoms with Gasteiger partial charge in [-0.2, -0.15) is 0 Å². The Kier molecular flexibility index (Phi) is 4.90. The molecular formula is C16H23N3O3. The second-order valence-electron chi connectivity index (χ2n) is 6.22. The van der Waals surface area contributed by atoms with Gasteiger partial charge in [-0.05, 0) is 31.2 Å². The maximum atomic E-state index is 11.1. The predicted octanol–water partition coefficient (Wildman–Crippen LogP) is 2.51. The Morgan fingerprint density at radius 3 is 2.73 bits per heavy atom. The predicted molar refractivity (Wildman–Crippen MR) is 85.1 cm³/mol. The highest BCUT2D eigenvalue weighted by molar-refractivity contribution is 5.61. The van der Waals surface area contributed by atoms with Crippen LogP contribution < -0.4 is 5.32 Å². The van der Waals surface area contributed by atoms with E-state index in [-0.39, 0.29) is 10.6 Å². The van der Waals surface area contributed by atoms with Crippen LogP contribution in [0.1, 0.15) is 19.3 Å². The summed E-state index contributed by atoms with van der Waals surface area (Å²) in [6.07, 6.45) is 3.23. The van der Waals surface area contributed by atoms with Crippen molar-refractivity contribution in [1.82, 2.24) is 4.90 Å². The maximum Gasteiger partial charge on any atom is 0.292 e. The molecule has 0 saturated carbocycles. The van der Waals surface area contributed by atoms with E-state index in [0.717, 1.165) is 45.7 Å². The van der Waals surface area contributed by atoms with Gasteiger partial charge in [0.15, 0.2) is 0 Å². The van der Waals surface area contributed by atoms with Crippen molar-refractivity contribution in [2.75, 3.05) is 38.2 Å². The van der Waals surface area contributed by atoms with E-state index < -0.39 is 0 Å². The molecule has 2 aliphatic heterocycles. The van der Waals surface area contributed by atoms with Gasteiger partial charge < -0.3 is 15.0 Å². The summed E-state index contributed by atoms with van der Waals surface area (Å²) >= 11 is 0. The molecule has 2 aliphatic rings. The van der Waals surface area contributed by atoms with Crippen molar-refractivity contribution in [3.8, 4) is 0 Å². The Balaban J connectivity index is 1.50. The third kappa shape index (κ3) is 3.75. The topological polar surface area (TPSA) is 67.6 Å². The van der Waals surface area contributed by atoms with Crippen LogP contribution in [0.15, 0.2) is 24.3 Å². The Morgan fingerprint density at radius 1 is 1.27 bits per heavy atom. The maximum absolute atomic E-state index is 11.1. The van der Waals surface area contributed by atoms with Gasteiger partial charge in [-0.25, -0.2) is 0 Å². The van der Waals surface area contributed by atoms with E-state index >= 15 is 0 Å². The van der Waals surface area contributed by atoms with Crippen molar-refractivity contribution in [3.05, 3.63) is 34.4 Å². The lowest BCUT2D eigenvalue weighted by atomic mass is 10.0. The van der Waals surface area contributed by atoms with Crippen LogP contribution in [0.4, 0.5) is 11.4 Å². The Morgan fingerprint density at radius 2 is 2.05 bits per heavy atom. The molecule has 6 heteroatoms. The first-order chi connectivity index (χ1) is 10.7. The van der Waals surface area contributed by atoms with Crippen LogP contribution in [-0.4, -0.2) is 48.7 Å². The van der Waals surface area contributed by atoms with E-state index in [1.165, 1.54) is 6.42 Å². The number of ether oxygens (including phenoxy) is 1. The molecule has 0 aromatic heterocycles. The lowest BCUT2D eigenvalue weighted by Crippen LogP contribution is -2.41. The van der Waals surface area contributed by atoms with E-state index in [4.69, 9.17) is 4.74 Å². The number of nitrogens with zero attached hydrogens (tertiary/aromatic N) is 2. The summed E-state index contributed by atoms with van der Waals surface area (Å²) in [4.78, 5) is 13.2. The molecule has 3 rings (SSSR count). The van der Waals surface area contributed by atoms with Crippen molar-refractivity contribution >= 4 is 11.4 Å². The highest BCUT2D eigenvalue weighted by Crippen LogP contribution is 2.26. The third-order valence-electron chi connectivity index (χ3n) is 4.59. The fourth-order valence-electron chi connectivity index (χ4n) is 3.33. The zero-order valence-electron chi connectivity index (χ0n) is 12.7. The summed E-state index contributed by atoms with van der Waals surface area (Å²) < 4.78 is 5.43. The fourth-order valence-corrected chi connectivity index (χ4v) is 3.33. The molecular weight excluding hydrogens is 282 g/mol. The van der Waals surface area contributed by atoms with Crippen LogP contribution in [-0.2, 0) is 4.74 Å². The molecule has 2 heterocycles. The minimum absolute atomic E-state index is 0.160. The van der Waals surface area contributed by atoms with E-state index in [2.05, 4.69) is 10.2 Å². The lowest BCUT2D eigenvalue weighted by molar-refractivity contribution is -0.384. The highest BCUT2D eigenvalue weighted by atomic mass is 16.6. The number of hydrogen-bond acceptors (Lipinski definition) is 5. The number of nitro benzene ring substituents is 1. The van der Waals surface area contributed by atoms with Gasteiger partial charge in [0.2, 0.25) is 0 Å². The summed E-state index contributed by atoms with van der Waals surface area (Å²) in [5.41, 5.74) is 0.795. The second kappa shape index (κ2) is 7.07. The zero-order chi connectivity index (χ0) is 15.4. The van der Waals surface area contributed by atoms with E-state index in [1.54, 1.807) is 18.2 Å². The molecule has 0 aliphatic carbocycles. The Hall–Kier alpha value is -1.66. The lowest BCUT2D eigenvalue weighted by Gasteiger charge is -2.33. The van der Waals surface area contributed by atoms with Gasteiger partial charge in [0.05, 0.1) is 11.5 Å². The molecule has 0 bridgehead atoms. The molecule has 1 unspecified atom stereocenters. The molecule has 120 valence electrons. The van der Waals surface area contributed by atoms with Crippen molar-refractivity contribution in [2.45, 2.75) is 25.3 Å². The molecule has 0 amide bonds. The second-order valence-corrected chi connectivity index (χ2v) is 6.22. The highest BCUT2D eigenvalue weighted by Gasteiger charge is 2.25. The van der Waals surface area contributed by atoms with Crippen molar-refractivity contribution < 1.29 is 9.66 Å². The number of nitrogens with one attached hydrogen (secondary N) is 1. The first kappa shape index (κ1) is 15.2. The number of piperidine rings is 1. The first-order valence-electron chi connectivity index (χ1n) is 8.02. The summed E-state index contributed by atoms with van der Waals surface area (Å²) in [6, 6.07) is 7.20. The van der Waals surface area contributed by atoms with E-state index in [9.17, 15) is 10.1 Å². The van der Waals surface area contributed by atoms with Crippen LogP contribution in [0.2, 0.25) is 0 Å². The number of anilines is 1. The molecule has 6 nitrogen and oxygen atoms in total. The zero-order valence-corrected chi connectivity index (χ0v) is 12.7. The summed E-state index contributed by atoms with van der Waals surface area (Å²) in [6.45, 7) is 5.02. The molecule has 1 N–H and O–H groups in total. The summed E-state index contributed by atoms with van der Waals surface area (Å²) in [5, 5.41) is 14.4. The summed E-state index contributed by atoms with van der Waals surface area (Å²) in [7, 11) is 0. The Bertz CT molecular complexity index is 509. The minimum Gasteiger partial charge on any atom is -0.381 e. The quantitative estimate of drug-likeness (QED) is 0.669. The summed E-state index contributed by atoms with van der Waals surface area (Å²) in [5.74, 6) is 0.680. The van der Waals surface area contributed by atoms with Gasteiger partial charge in [0, 0.05) is 38.3 Å². The molecule has 0 radical (unpaired) electrons. The first-order valence-corrected chi connectivity index (χ1v) is 8.02. The standard InChI is InChI=1S/C16H23N3O3/c20-19(21)16-4-2-1-3-15(16)17-14-5-8-18(9-6-14)11-13-7-10-22-12-13/h1-4,13-14,17H,5-12H2. The monoisotopic (exact) mass is 305 g/mol. The average Bonchev–Trinajstić information content (AvgIpc) is 3.02. The number of hydrogen-bond donors (Lipinski definition) is 1. The van der Waals surface area contributed by atoms with Gasteiger partial charge in [-0.1, -0.05) is 12.1 Å². The number of nitro groups is 1. The number of para-hydroxylation sites is 2. The van der Waals surface area contributed by atoms with Crippen molar-refractivity contribution in [1.29, 1.82) is 0 Å². The van der Waals surface area contributed by atoms with Gasteiger partial charge in [-0.15, -0.1) is 0 Å². The molecule has 2 saturated heterocycles. The van der Waals surface area contributed by atoms with Crippen LogP contribution in [0.5, 0.6) is 0 Å².